The van der Waals surface area contributed by atoms with E-state index in [0.29, 0.717) is 17.1 Å². The van der Waals surface area contributed by atoms with E-state index in [1.165, 1.54) is 6.07 Å². The molecule has 0 saturated heterocycles. The summed E-state index contributed by atoms with van der Waals surface area (Å²) in [5.74, 6) is -0.661. The predicted molar refractivity (Wildman–Crippen MR) is 74.8 cm³/mol. The van der Waals surface area contributed by atoms with Crippen LogP contribution < -0.4 is 14.8 Å². The zero-order valence-corrected chi connectivity index (χ0v) is 11.7. The van der Waals surface area contributed by atoms with Crippen molar-refractivity contribution in [2.75, 3.05) is 6.79 Å². The van der Waals surface area contributed by atoms with Crippen LogP contribution in [0.3, 0.4) is 0 Å². The highest BCUT2D eigenvalue weighted by atomic mass is 19.1. The molecule has 1 heterocycles. The second kappa shape index (κ2) is 5.63. The lowest BCUT2D eigenvalue weighted by molar-refractivity contribution is 0.0939. The van der Waals surface area contributed by atoms with Crippen LogP contribution in [0.4, 0.5) is 8.78 Å². The first-order chi connectivity index (χ1) is 10.5. The van der Waals surface area contributed by atoms with E-state index in [1.807, 2.05) is 0 Å². The lowest BCUT2D eigenvalue weighted by atomic mass is 10.1. The minimum absolute atomic E-state index is 0.123. The Labute approximate surface area is 125 Å². The molecule has 22 heavy (non-hydrogen) atoms. The average Bonchev–Trinajstić information content (AvgIpc) is 2.94. The third-order valence-electron chi connectivity index (χ3n) is 3.41. The van der Waals surface area contributed by atoms with Gasteiger partial charge in [-0.05, 0) is 31.2 Å². The Morgan fingerprint density at radius 3 is 2.68 bits per heavy atom. The van der Waals surface area contributed by atoms with Crippen LogP contribution in [0.1, 0.15) is 28.9 Å². The van der Waals surface area contributed by atoms with Gasteiger partial charge in [0.05, 0.1) is 6.04 Å². The van der Waals surface area contributed by atoms with Gasteiger partial charge in [0.2, 0.25) is 6.79 Å². The molecule has 0 spiro atoms. The van der Waals surface area contributed by atoms with Gasteiger partial charge in [-0.1, -0.05) is 6.07 Å². The van der Waals surface area contributed by atoms with Gasteiger partial charge < -0.3 is 14.8 Å². The smallest absolute Gasteiger partial charge is 0.251 e. The predicted octanol–water partition coefficient (Wildman–Crippen LogP) is 3.18. The monoisotopic (exact) mass is 305 g/mol. The molecule has 2 aromatic carbocycles. The van der Waals surface area contributed by atoms with Crippen molar-refractivity contribution >= 4 is 5.91 Å². The lowest BCUT2D eigenvalue weighted by Gasteiger charge is -2.15. The number of hydrogen-bond donors (Lipinski definition) is 1. The Morgan fingerprint density at radius 1 is 1.14 bits per heavy atom. The van der Waals surface area contributed by atoms with Crippen LogP contribution in [0, 0.1) is 11.6 Å². The maximum absolute atomic E-state index is 13.7. The summed E-state index contributed by atoms with van der Waals surface area (Å²) in [6, 6.07) is 7.45. The fourth-order valence-electron chi connectivity index (χ4n) is 2.25. The van der Waals surface area contributed by atoms with Crippen LogP contribution in [-0.2, 0) is 0 Å². The van der Waals surface area contributed by atoms with Crippen LogP contribution in [-0.4, -0.2) is 12.7 Å². The molecule has 114 valence electrons. The number of ether oxygens (including phenoxy) is 2. The Bertz CT molecular complexity index is 733. The van der Waals surface area contributed by atoms with E-state index >= 15 is 0 Å². The summed E-state index contributed by atoms with van der Waals surface area (Å²) in [7, 11) is 0. The minimum atomic E-state index is -0.696. The van der Waals surface area contributed by atoms with Gasteiger partial charge in [0.25, 0.3) is 5.91 Å². The van der Waals surface area contributed by atoms with Gasteiger partial charge in [-0.25, -0.2) is 8.78 Å². The van der Waals surface area contributed by atoms with Crippen molar-refractivity contribution in [1.29, 1.82) is 0 Å². The number of nitrogens with one attached hydrogen (secondary N) is 1. The Morgan fingerprint density at radius 2 is 1.91 bits per heavy atom. The number of fused-ring (bicyclic) bond motifs is 1. The summed E-state index contributed by atoms with van der Waals surface area (Å²) in [4.78, 5) is 12.2. The molecule has 0 fully saturated rings. The maximum atomic E-state index is 13.7. The molecule has 2 aromatic rings. The summed E-state index contributed by atoms with van der Waals surface area (Å²) in [6.45, 7) is 1.75. The van der Waals surface area contributed by atoms with E-state index in [2.05, 4.69) is 5.32 Å². The molecule has 6 heteroatoms. The van der Waals surface area contributed by atoms with Gasteiger partial charge in [0, 0.05) is 17.2 Å². The topological polar surface area (TPSA) is 47.6 Å². The largest absolute Gasteiger partial charge is 0.454 e. The number of carbonyl (C=O) groups is 1. The Kier molecular flexibility index (Phi) is 3.66. The van der Waals surface area contributed by atoms with Crippen LogP contribution in [0.5, 0.6) is 11.5 Å². The van der Waals surface area contributed by atoms with Gasteiger partial charge in [-0.3, -0.25) is 4.79 Å². The van der Waals surface area contributed by atoms with Gasteiger partial charge in [0.15, 0.2) is 11.5 Å². The van der Waals surface area contributed by atoms with E-state index in [1.54, 1.807) is 25.1 Å². The molecule has 0 radical (unpaired) electrons. The van der Waals surface area contributed by atoms with Crippen LogP contribution in [0.25, 0.3) is 0 Å². The minimum Gasteiger partial charge on any atom is -0.454 e. The molecule has 1 atom stereocenters. The standard InChI is InChI=1S/C16H13F2NO3/c1-9(12-4-3-11(17)7-13(12)18)19-16(20)10-2-5-14-15(6-10)22-8-21-14/h2-7,9H,8H2,1H3,(H,19,20)/t9-/m0/s1. The summed E-state index contributed by atoms with van der Waals surface area (Å²) in [5, 5.41) is 2.67. The number of rotatable bonds is 3. The molecule has 0 saturated carbocycles. The molecule has 0 bridgehead atoms. The van der Waals surface area contributed by atoms with Crippen LogP contribution in [0.15, 0.2) is 36.4 Å². The lowest BCUT2D eigenvalue weighted by Crippen LogP contribution is -2.27. The SMILES string of the molecule is C[C@H](NC(=O)c1ccc2c(c1)OCO2)c1ccc(F)cc1F. The zero-order valence-electron chi connectivity index (χ0n) is 11.7. The van der Waals surface area contributed by atoms with Crippen molar-refractivity contribution in [3.05, 3.63) is 59.2 Å². The van der Waals surface area contributed by atoms with E-state index in [0.717, 1.165) is 12.1 Å². The van der Waals surface area contributed by atoms with E-state index < -0.39 is 17.7 Å². The average molecular weight is 305 g/mol. The van der Waals surface area contributed by atoms with Crippen molar-refractivity contribution < 1.29 is 23.0 Å². The van der Waals surface area contributed by atoms with Crippen molar-refractivity contribution in [3.63, 3.8) is 0 Å². The molecular formula is C16H13F2NO3. The molecular weight excluding hydrogens is 292 g/mol. The van der Waals surface area contributed by atoms with Gasteiger partial charge in [0.1, 0.15) is 11.6 Å². The molecule has 0 aliphatic carbocycles. The number of hydrogen-bond acceptors (Lipinski definition) is 3. The third kappa shape index (κ3) is 2.72. The van der Waals surface area contributed by atoms with Gasteiger partial charge in [-0.15, -0.1) is 0 Å². The van der Waals surface area contributed by atoms with Crippen LogP contribution >= 0.6 is 0 Å². The van der Waals surface area contributed by atoms with E-state index in [-0.39, 0.29) is 18.3 Å². The third-order valence-corrected chi connectivity index (χ3v) is 3.41. The summed E-state index contributed by atoms with van der Waals surface area (Å²) >= 11 is 0. The summed E-state index contributed by atoms with van der Waals surface area (Å²) in [6.07, 6.45) is 0. The quantitative estimate of drug-likeness (QED) is 0.947. The second-order valence-electron chi connectivity index (χ2n) is 4.93. The second-order valence-corrected chi connectivity index (χ2v) is 4.93. The van der Waals surface area contributed by atoms with E-state index in [4.69, 9.17) is 9.47 Å². The van der Waals surface area contributed by atoms with Gasteiger partial charge in [-0.2, -0.15) is 0 Å². The summed E-state index contributed by atoms with van der Waals surface area (Å²) < 4.78 is 37.0. The normalized spacial score (nSPS) is 13.8. The van der Waals surface area contributed by atoms with Crippen molar-refractivity contribution in [2.24, 2.45) is 0 Å². The van der Waals surface area contributed by atoms with E-state index in [9.17, 15) is 13.6 Å². The fraction of sp³-hybridized carbons (Fsp3) is 0.188. The number of halogens is 2. The van der Waals surface area contributed by atoms with Crippen molar-refractivity contribution in [3.8, 4) is 11.5 Å². The summed E-state index contributed by atoms with van der Waals surface area (Å²) in [5.41, 5.74) is 0.592. The van der Waals surface area contributed by atoms with Crippen LogP contribution in [0.2, 0.25) is 0 Å². The molecule has 0 aromatic heterocycles. The molecule has 1 aliphatic rings. The van der Waals surface area contributed by atoms with Crippen molar-refractivity contribution in [2.45, 2.75) is 13.0 Å². The Hall–Kier alpha value is -2.63. The molecule has 1 amide bonds. The Balaban J connectivity index is 1.76. The number of amides is 1. The number of benzene rings is 2. The first-order valence-electron chi connectivity index (χ1n) is 6.70. The van der Waals surface area contributed by atoms with Gasteiger partial charge >= 0.3 is 0 Å². The molecule has 3 rings (SSSR count). The molecule has 1 N–H and O–H groups in total. The highest BCUT2D eigenvalue weighted by molar-refractivity contribution is 5.95. The first kappa shape index (κ1) is 14.3. The maximum Gasteiger partial charge on any atom is 0.251 e. The number of carbonyl (C=O) groups excluding carboxylic acids is 1. The van der Waals surface area contributed by atoms with Crippen molar-refractivity contribution in [1.82, 2.24) is 5.32 Å². The first-order valence-corrected chi connectivity index (χ1v) is 6.70. The molecule has 0 unspecified atom stereocenters. The molecule has 4 nitrogen and oxygen atoms in total. The highest BCUT2D eigenvalue weighted by Gasteiger charge is 2.19. The zero-order chi connectivity index (χ0) is 15.7. The fourth-order valence-corrected chi connectivity index (χ4v) is 2.25. The highest BCUT2D eigenvalue weighted by Crippen LogP contribution is 2.32. The molecule has 1 aliphatic heterocycles.